The monoisotopic (exact) mass is 298 g/mol. The van der Waals surface area contributed by atoms with E-state index in [4.69, 9.17) is 0 Å². The van der Waals surface area contributed by atoms with Gasteiger partial charge < -0.3 is 5.32 Å². The summed E-state index contributed by atoms with van der Waals surface area (Å²) in [5.41, 5.74) is 1.38. The molecule has 0 saturated carbocycles. The van der Waals surface area contributed by atoms with Crippen LogP contribution in [0.2, 0.25) is 0 Å². The Morgan fingerprint density at radius 2 is 2.06 bits per heavy atom. The summed E-state index contributed by atoms with van der Waals surface area (Å²) < 4.78 is 0. The van der Waals surface area contributed by atoms with Gasteiger partial charge in [0.05, 0.1) is 0 Å². The van der Waals surface area contributed by atoms with Crippen LogP contribution in [-0.4, -0.2) is 22.8 Å². The Bertz CT molecular complexity index is 355. The molecule has 0 fully saturated rings. The van der Waals surface area contributed by atoms with E-state index < -0.39 is 0 Å². The average molecular weight is 299 g/mol. The second-order valence-corrected chi connectivity index (χ2v) is 4.82. The normalized spacial score (nSPS) is 10.2. The third-order valence-electron chi connectivity index (χ3n) is 2.47. The maximum Gasteiger partial charge on any atom is 0.269 e. The van der Waals surface area contributed by atoms with Crippen LogP contribution < -0.4 is 5.32 Å². The highest BCUT2D eigenvalue weighted by Gasteiger charge is 2.05. The number of hydrogen-bond acceptors (Lipinski definition) is 2. The van der Waals surface area contributed by atoms with E-state index in [1.165, 1.54) is 12.8 Å². The second-order valence-electron chi connectivity index (χ2n) is 4.02. The lowest BCUT2D eigenvalue weighted by Gasteiger charge is -2.04. The fourth-order valence-corrected chi connectivity index (χ4v) is 1.93. The van der Waals surface area contributed by atoms with Crippen molar-refractivity contribution in [1.82, 2.24) is 10.3 Å². The van der Waals surface area contributed by atoms with E-state index in [0.29, 0.717) is 5.69 Å². The van der Waals surface area contributed by atoms with Crippen LogP contribution >= 0.6 is 15.9 Å². The summed E-state index contributed by atoms with van der Waals surface area (Å²) >= 11 is 3.40. The number of amides is 1. The molecule has 1 aromatic heterocycles. The van der Waals surface area contributed by atoms with Crippen LogP contribution in [0, 0.1) is 6.92 Å². The first-order valence-corrected chi connectivity index (χ1v) is 7.14. The number of nitrogens with zero attached hydrogens (tertiary/aromatic N) is 1. The lowest BCUT2D eigenvalue weighted by atomic mass is 10.2. The van der Waals surface area contributed by atoms with Crippen molar-refractivity contribution in [2.45, 2.75) is 32.6 Å². The smallest absolute Gasteiger partial charge is 0.269 e. The molecule has 1 amide bonds. The van der Waals surface area contributed by atoms with Crippen molar-refractivity contribution < 1.29 is 4.79 Å². The van der Waals surface area contributed by atoms with Crippen molar-refractivity contribution in [3.05, 3.63) is 29.6 Å². The molecule has 0 aliphatic rings. The van der Waals surface area contributed by atoms with Crippen LogP contribution in [-0.2, 0) is 0 Å². The Morgan fingerprint density at radius 1 is 1.29 bits per heavy atom. The molecule has 0 aliphatic heterocycles. The Kier molecular flexibility index (Phi) is 6.86. The average Bonchev–Trinajstić information content (AvgIpc) is 2.33. The topological polar surface area (TPSA) is 42.0 Å². The van der Waals surface area contributed by atoms with Crippen molar-refractivity contribution in [3.8, 4) is 0 Å². The lowest BCUT2D eigenvalue weighted by molar-refractivity contribution is 0.0948. The summed E-state index contributed by atoms with van der Waals surface area (Å²) in [5.74, 6) is -0.0748. The van der Waals surface area contributed by atoms with Crippen molar-refractivity contribution in [2.24, 2.45) is 0 Å². The number of carbonyl (C=O) groups excluding carboxylic acids is 1. The van der Waals surface area contributed by atoms with Crippen LogP contribution in [0.15, 0.2) is 18.2 Å². The minimum absolute atomic E-state index is 0.0748. The highest BCUT2D eigenvalue weighted by Crippen LogP contribution is 2.02. The number of carbonyl (C=O) groups is 1. The van der Waals surface area contributed by atoms with Crippen LogP contribution in [0.3, 0.4) is 0 Å². The van der Waals surface area contributed by atoms with Gasteiger partial charge in [-0.1, -0.05) is 34.8 Å². The first-order valence-electron chi connectivity index (χ1n) is 6.02. The summed E-state index contributed by atoms with van der Waals surface area (Å²) in [6, 6.07) is 5.48. The molecule has 0 aromatic carbocycles. The van der Waals surface area contributed by atoms with Gasteiger partial charge in [0.2, 0.25) is 0 Å². The van der Waals surface area contributed by atoms with E-state index in [0.717, 1.165) is 30.4 Å². The molecule has 1 rings (SSSR count). The summed E-state index contributed by atoms with van der Waals surface area (Å²) in [6.45, 7) is 2.62. The summed E-state index contributed by atoms with van der Waals surface area (Å²) in [7, 11) is 0. The molecule has 0 aliphatic carbocycles. The number of hydrogen-bond donors (Lipinski definition) is 1. The Hall–Kier alpha value is -0.900. The van der Waals surface area contributed by atoms with E-state index in [9.17, 15) is 4.79 Å². The number of alkyl halides is 1. The minimum atomic E-state index is -0.0748. The lowest BCUT2D eigenvalue weighted by Crippen LogP contribution is -2.25. The van der Waals surface area contributed by atoms with Gasteiger partial charge in [-0.15, -0.1) is 0 Å². The SMILES string of the molecule is Cc1cccc(C(=O)NCCCCCCBr)n1. The quantitative estimate of drug-likeness (QED) is 0.621. The molecular formula is C13H19BrN2O. The molecule has 0 saturated heterocycles. The largest absolute Gasteiger partial charge is 0.351 e. The van der Waals surface area contributed by atoms with Gasteiger partial charge in [0.1, 0.15) is 5.69 Å². The highest BCUT2D eigenvalue weighted by atomic mass is 79.9. The Morgan fingerprint density at radius 3 is 2.76 bits per heavy atom. The zero-order valence-corrected chi connectivity index (χ0v) is 11.8. The number of pyridine rings is 1. The van der Waals surface area contributed by atoms with Crippen LogP contribution in [0.4, 0.5) is 0 Å². The molecule has 0 unspecified atom stereocenters. The van der Waals surface area contributed by atoms with Gasteiger partial charge in [-0.25, -0.2) is 4.98 Å². The number of unbranched alkanes of at least 4 members (excludes halogenated alkanes) is 3. The molecule has 4 heteroatoms. The molecular weight excluding hydrogens is 280 g/mol. The van der Waals surface area contributed by atoms with Gasteiger partial charge in [0.15, 0.2) is 0 Å². The van der Waals surface area contributed by atoms with Crippen molar-refractivity contribution >= 4 is 21.8 Å². The van der Waals surface area contributed by atoms with Crippen molar-refractivity contribution in [2.75, 3.05) is 11.9 Å². The number of aromatic nitrogens is 1. The van der Waals surface area contributed by atoms with Crippen LogP contribution in [0.5, 0.6) is 0 Å². The number of halogens is 1. The Balaban J connectivity index is 2.21. The Labute approximate surface area is 111 Å². The molecule has 1 N–H and O–H groups in total. The molecule has 0 bridgehead atoms. The van der Waals surface area contributed by atoms with Crippen molar-refractivity contribution in [3.63, 3.8) is 0 Å². The van der Waals surface area contributed by atoms with Gasteiger partial charge in [-0.05, 0) is 31.9 Å². The first-order chi connectivity index (χ1) is 8.24. The van der Waals surface area contributed by atoms with Crippen molar-refractivity contribution in [1.29, 1.82) is 0 Å². The zero-order valence-electron chi connectivity index (χ0n) is 10.2. The number of aryl methyl sites for hydroxylation is 1. The third kappa shape index (κ3) is 5.82. The van der Waals surface area contributed by atoms with Crippen LogP contribution in [0.25, 0.3) is 0 Å². The third-order valence-corrected chi connectivity index (χ3v) is 3.03. The van der Waals surface area contributed by atoms with Gasteiger partial charge in [0.25, 0.3) is 5.91 Å². The predicted molar refractivity (Wildman–Crippen MR) is 73.6 cm³/mol. The van der Waals surface area contributed by atoms with Gasteiger partial charge in [-0.2, -0.15) is 0 Å². The van der Waals surface area contributed by atoms with E-state index >= 15 is 0 Å². The number of nitrogens with one attached hydrogen (secondary N) is 1. The molecule has 1 aromatic rings. The summed E-state index contributed by atoms with van der Waals surface area (Å²) in [5, 5.41) is 3.95. The molecule has 0 radical (unpaired) electrons. The molecule has 17 heavy (non-hydrogen) atoms. The molecule has 3 nitrogen and oxygen atoms in total. The van der Waals surface area contributed by atoms with Gasteiger partial charge in [-0.3, -0.25) is 4.79 Å². The minimum Gasteiger partial charge on any atom is -0.351 e. The highest BCUT2D eigenvalue weighted by molar-refractivity contribution is 9.09. The van der Waals surface area contributed by atoms with E-state index in [1.54, 1.807) is 6.07 Å². The summed E-state index contributed by atoms with van der Waals surface area (Å²) in [4.78, 5) is 15.9. The molecule has 1 heterocycles. The maximum atomic E-state index is 11.7. The molecule has 94 valence electrons. The molecule has 0 atom stereocenters. The van der Waals surface area contributed by atoms with E-state index in [2.05, 4.69) is 26.2 Å². The van der Waals surface area contributed by atoms with Crippen LogP contribution in [0.1, 0.15) is 41.9 Å². The fourth-order valence-electron chi connectivity index (χ4n) is 1.54. The van der Waals surface area contributed by atoms with Gasteiger partial charge in [0, 0.05) is 17.6 Å². The summed E-state index contributed by atoms with van der Waals surface area (Å²) in [6.07, 6.45) is 4.61. The second kappa shape index (κ2) is 8.23. The zero-order chi connectivity index (χ0) is 12.5. The van der Waals surface area contributed by atoms with E-state index in [1.807, 2.05) is 19.1 Å². The predicted octanol–water partition coefficient (Wildman–Crippen LogP) is 3.08. The van der Waals surface area contributed by atoms with Gasteiger partial charge >= 0.3 is 0 Å². The molecule has 0 spiro atoms. The number of rotatable bonds is 7. The fraction of sp³-hybridized carbons (Fsp3) is 0.538. The van der Waals surface area contributed by atoms with E-state index in [-0.39, 0.29) is 5.91 Å². The standard InChI is InChI=1S/C13H19BrN2O/c1-11-7-6-8-12(16-11)13(17)15-10-5-3-2-4-9-14/h6-8H,2-5,9-10H2,1H3,(H,15,17). The first kappa shape index (κ1) is 14.2. The maximum absolute atomic E-state index is 11.7.